The van der Waals surface area contributed by atoms with Gasteiger partial charge in [-0.1, -0.05) is 59.6 Å². The summed E-state index contributed by atoms with van der Waals surface area (Å²) >= 11 is 12.5. The number of benzene rings is 3. The van der Waals surface area contributed by atoms with Crippen LogP contribution in [-0.2, 0) is 16.4 Å². The first-order chi connectivity index (χ1) is 12.3. The molecule has 0 fully saturated rings. The molecule has 0 saturated carbocycles. The summed E-state index contributed by atoms with van der Waals surface area (Å²) in [6.07, 6.45) is 1.14. The predicted molar refractivity (Wildman–Crippen MR) is 106 cm³/mol. The van der Waals surface area contributed by atoms with Crippen molar-refractivity contribution in [1.29, 1.82) is 0 Å². The summed E-state index contributed by atoms with van der Waals surface area (Å²) in [4.78, 5) is 0.167. The van der Waals surface area contributed by atoms with Crippen molar-refractivity contribution >= 4 is 33.0 Å². The Kier molecular flexibility index (Phi) is 5.56. The van der Waals surface area contributed by atoms with Gasteiger partial charge in [-0.25, -0.2) is 8.42 Å². The third-order valence-electron chi connectivity index (χ3n) is 3.84. The number of halogens is 2. The maximum atomic E-state index is 11.7. The van der Waals surface area contributed by atoms with Gasteiger partial charge in [0, 0.05) is 27.4 Å². The highest BCUT2D eigenvalue weighted by Gasteiger charge is 2.15. The van der Waals surface area contributed by atoms with E-state index in [-0.39, 0.29) is 4.90 Å². The van der Waals surface area contributed by atoms with Crippen LogP contribution in [-0.4, -0.2) is 14.7 Å². The molecule has 0 aliphatic carbocycles. The van der Waals surface area contributed by atoms with E-state index in [4.69, 9.17) is 27.9 Å². The SMILES string of the molecule is CS(=O)(=O)c1ccc(-c2cc(Cl)ccc2OCc2ccccc2)c(Cl)c1. The van der Waals surface area contributed by atoms with Crippen molar-refractivity contribution in [3.05, 3.63) is 82.3 Å². The van der Waals surface area contributed by atoms with Crippen LogP contribution in [0.25, 0.3) is 11.1 Å². The lowest BCUT2D eigenvalue weighted by Crippen LogP contribution is -1.99. The van der Waals surface area contributed by atoms with E-state index in [1.165, 1.54) is 12.1 Å². The molecule has 0 bridgehead atoms. The fourth-order valence-corrected chi connectivity index (χ4v) is 3.69. The molecule has 0 N–H and O–H groups in total. The quantitative estimate of drug-likeness (QED) is 0.550. The van der Waals surface area contributed by atoms with Crippen LogP contribution in [0.1, 0.15) is 5.56 Å². The summed E-state index contributed by atoms with van der Waals surface area (Å²) < 4.78 is 29.4. The van der Waals surface area contributed by atoms with Gasteiger partial charge in [-0.2, -0.15) is 0 Å². The van der Waals surface area contributed by atoms with E-state index in [9.17, 15) is 8.42 Å². The molecule has 0 unspecified atom stereocenters. The smallest absolute Gasteiger partial charge is 0.175 e. The molecule has 0 saturated heterocycles. The topological polar surface area (TPSA) is 43.4 Å². The molecule has 0 aliphatic heterocycles. The van der Waals surface area contributed by atoms with Crippen LogP contribution in [0.2, 0.25) is 10.0 Å². The van der Waals surface area contributed by atoms with E-state index in [2.05, 4.69) is 0 Å². The van der Waals surface area contributed by atoms with Crippen LogP contribution in [0.3, 0.4) is 0 Å². The number of hydrogen-bond donors (Lipinski definition) is 0. The predicted octanol–water partition coefficient (Wildman–Crippen LogP) is 5.64. The maximum absolute atomic E-state index is 11.7. The van der Waals surface area contributed by atoms with Gasteiger partial charge in [0.25, 0.3) is 0 Å². The van der Waals surface area contributed by atoms with Crippen molar-refractivity contribution in [2.24, 2.45) is 0 Å². The van der Waals surface area contributed by atoms with Crippen molar-refractivity contribution in [2.45, 2.75) is 11.5 Å². The Hall–Kier alpha value is -2.01. The summed E-state index contributed by atoms with van der Waals surface area (Å²) in [5.41, 5.74) is 2.40. The Morgan fingerprint density at radius 2 is 1.62 bits per heavy atom. The zero-order valence-electron chi connectivity index (χ0n) is 13.9. The van der Waals surface area contributed by atoms with E-state index in [1.54, 1.807) is 24.3 Å². The molecule has 26 heavy (non-hydrogen) atoms. The second-order valence-corrected chi connectivity index (χ2v) is 8.69. The van der Waals surface area contributed by atoms with Gasteiger partial charge in [0.1, 0.15) is 12.4 Å². The number of sulfone groups is 1. The third-order valence-corrected chi connectivity index (χ3v) is 5.50. The van der Waals surface area contributed by atoms with Crippen molar-refractivity contribution in [1.82, 2.24) is 0 Å². The average molecular weight is 407 g/mol. The molecule has 6 heteroatoms. The standard InChI is InChI=1S/C20H16Cl2O3S/c1-26(23,24)16-8-9-17(19(22)12-16)18-11-15(21)7-10-20(18)25-13-14-5-3-2-4-6-14/h2-12H,13H2,1H3. The van der Waals surface area contributed by atoms with E-state index in [0.717, 1.165) is 11.8 Å². The number of hydrogen-bond acceptors (Lipinski definition) is 3. The molecule has 0 radical (unpaired) electrons. The second kappa shape index (κ2) is 7.70. The van der Waals surface area contributed by atoms with Crippen LogP contribution in [0.5, 0.6) is 5.75 Å². The van der Waals surface area contributed by atoms with Gasteiger partial charge in [0.05, 0.1) is 4.90 Å². The minimum atomic E-state index is -3.33. The third kappa shape index (κ3) is 4.39. The molecular formula is C20H16Cl2O3S. The fourth-order valence-electron chi connectivity index (χ4n) is 2.52. The largest absolute Gasteiger partial charge is 0.488 e. The Morgan fingerprint density at radius 1 is 0.885 bits per heavy atom. The summed E-state index contributed by atoms with van der Waals surface area (Å²) in [7, 11) is -3.33. The van der Waals surface area contributed by atoms with Crippen molar-refractivity contribution < 1.29 is 13.2 Å². The van der Waals surface area contributed by atoms with E-state index in [0.29, 0.717) is 33.5 Å². The van der Waals surface area contributed by atoms with E-state index >= 15 is 0 Å². The molecule has 3 nitrogen and oxygen atoms in total. The zero-order valence-corrected chi connectivity index (χ0v) is 16.3. The number of ether oxygens (including phenoxy) is 1. The summed E-state index contributed by atoms with van der Waals surface area (Å²) in [5, 5.41) is 0.857. The highest BCUT2D eigenvalue weighted by Crippen LogP contribution is 2.38. The lowest BCUT2D eigenvalue weighted by molar-refractivity contribution is 0.307. The van der Waals surface area contributed by atoms with Gasteiger partial charge in [-0.3, -0.25) is 0 Å². The Balaban J connectivity index is 1.98. The van der Waals surface area contributed by atoms with Gasteiger partial charge in [0.15, 0.2) is 9.84 Å². The van der Waals surface area contributed by atoms with E-state index < -0.39 is 9.84 Å². The second-order valence-electron chi connectivity index (χ2n) is 5.83. The highest BCUT2D eigenvalue weighted by molar-refractivity contribution is 7.90. The molecular weight excluding hydrogens is 391 g/mol. The average Bonchev–Trinajstić information content (AvgIpc) is 2.61. The van der Waals surface area contributed by atoms with Crippen LogP contribution >= 0.6 is 23.2 Å². The Morgan fingerprint density at radius 3 is 2.27 bits per heavy atom. The molecule has 0 spiro atoms. The first kappa shape index (κ1) is 18.8. The summed E-state index contributed by atoms with van der Waals surface area (Å²) in [6.45, 7) is 0.397. The molecule has 0 aliphatic rings. The van der Waals surface area contributed by atoms with Crippen molar-refractivity contribution in [3.8, 4) is 16.9 Å². The summed E-state index contributed by atoms with van der Waals surface area (Å²) in [5.74, 6) is 0.618. The minimum Gasteiger partial charge on any atom is -0.488 e. The lowest BCUT2D eigenvalue weighted by atomic mass is 10.0. The highest BCUT2D eigenvalue weighted by atomic mass is 35.5. The molecule has 0 atom stereocenters. The monoisotopic (exact) mass is 406 g/mol. The molecule has 0 amide bonds. The Labute approximate surface area is 163 Å². The molecule has 3 aromatic rings. The number of rotatable bonds is 5. The summed E-state index contributed by atoms with van der Waals surface area (Å²) in [6, 6.07) is 19.7. The first-order valence-corrected chi connectivity index (χ1v) is 10.5. The van der Waals surface area contributed by atoms with Crippen LogP contribution in [0.4, 0.5) is 0 Å². The van der Waals surface area contributed by atoms with Crippen LogP contribution in [0.15, 0.2) is 71.6 Å². The van der Waals surface area contributed by atoms with Gasteiger partial charge in [-0.15, -0.1) is 0 Å². The van der Waals surface area contributed by atoms with Crippen LogP contribution < -0.4 is 4.74 Å². The molecule has 3 rings (SSSR count). The van der Waals surface area contributed by atoms with Gasteiger partial charge < -0.3 is 4.74 Å². The maximum Gasteiger partial charge on any atom is 0.175 e. The van der Waals surface area contributed by atoms with Crippen molar-refractivity contribution in [2.75, 3.05) is 6.26 Å². The normalized spacial score (nSPS) is 11.3. The van der Waals surface area contributed by atoms with Crippen LogP contribution in [0, 0.1) is 0 Å². The van der Waals surface area contributed by atoms with Gasteiger partial charge >= 0.3 is 0 Å². The molecule has 0 aromatic heterocycles. The minimum absolute atomic E-state index is 0.167. The first-order valence-electron chi connectivity index (χ1n) is 7.81. The molecule has 3 aromatic carbocycles. The van der Waals surface area contributed by atoms with Gasteiger partial charge in [-0.05, 0) is 35.9 Å². The van der Waals surface area contributed by atoms with E-state index in [1.807, 2.05) is 30.3 Å². The molecule has 0 heterocycles. The molecule has 134 valence electrons. The fraction of sp³-hybridized carbons (Fsp3) is 0.100. The zero-order chi connectivity index (χ0) is 18.7. The van der Waals surface area contributed by atoms with Crippen molar-refractivity contribution in [3.63, 3.8) is 0 Å². The lowest BCUT2D eigenvalue weighted by Gasteiger charge is -2.14. The Bertz CT molecular complexity index is 1030. The van der Waals surface area contributed by atoms with Gasteiger partial charge in [0.2, 0.25) is 0 Å².